The van der Waals surface area contributed by atoms with Gasteiger partial charge < -0.3 is 66.0 Å². The molecular formula is C76H68Br6Cl5F4N5O17. The van der Waals surface area contributed by atoms with Crippen molar-refractivity contribution in [2.24, 2.45) is 0 Å². The Bertz CT molecular complexity index is 4660. The molecule has 8 rings (SSSR count). The van der Waals surface area contributed by atoms with Gasteiger partial charge in [0.1, 0.15) is 50.2 Å². The van der Waals surface area contributed by atoms with E-state index in [0.717, 1.165) is 11.1 Å². The van der Waals surface area contributed by atoms with Crippen LogP contribution < -0.4 is 45.5 Å². The third kappa shape index (κ3) is 31.1. The number of carboxylic acid groups (broad SMARTS) is 4. The van der Waals surface area contributed by atoms with Crippen LogP contribution in [0, 0.1) is 30.2 Å². The number of carbonyl (C=O) groups excluding carboxylic acids is 5. The van der Waals surface area contributed by atoms with E-state index in [1.165, 1.54) is 48.5 Å². The summed E-state index contributed by atoms with van der Waals surface area (Å²) in [6, 6.07) is 24.2. The van der Waals surface area contributed by atoms with Gasteiger partial charge in [-0.3, -0.25) is 43.2 Å². The molecule has 0 aliphatic carbocycles. The Labute approximate surface area is 720 Å². The van der Waals surface area contributed by atoms with E-state index in [2.05, 4.69) is 122 Å². The van der Waals surface area contributed by atoms with Crippen LogP contribution in [0.4, 0.5) is 40.3 Å². The smallest absolute Gasteiger partial charge is 0.322 e. The number of ether oxygens (including phenoxy) is 4. The molecule has 0 saturated carbocycles. The van der Waals surface area contributed by atoms with Crippen molar-refractivity contribution < 1.29 is 100 Å². The zero-order valence-electron chi connectivity index (χ0n) is 59.9. The highest BCUT2D eigenvalue weighted by molar-refractivity contribution is 9.12. The number of carboxylic acids is 4. The van der Waals surface area contributed by atoms with Crippen LogP contribution in [0.5, 0.6) is 23.0 Å². The first kappa shape index (κ1) is 95.8. The number of rotatable bonds is 31. The van der Waals surface area contributed by atoms with Gasteiger partial charge in [0, 0.05) is 81.4 Å². The van der Waals surface area contributed by atoms with Gasteiger partial charge in [0.2, 0.25) is 23.6 Å². The number of halogens is 15. The minimum absolute atomic E-state index is 0.0000926. The Hall–Kier alpha value is -7.76. The second-order valence-corrected chi connectivity index (χ2v) is 30.9. The summed E-state index contributed by atoms with van der Waals surface area (Å²) in [5.41, 5.74) is 3.79. The van der Waals surface area contributed by atoms with Crippen LogP contribution in [0.2, 0.25) is 25.1 Å². The lowest BCUT2D eigenvalue weighted by Crippen LogP contribution is -2.29. The van der Waals surface area contributed by atoms with Gasteiger partial charge in [0.25, 0.3) is 5.91 Å². The molecular weight excluding hydrogens is 1990 g/mol. The molecule has 0 aliphatic heterocycles. The third-order valence-corrected chi connectivity index (χ3v) is 19.7. The zero-order valence-corrected chi connectivity index (χ0v) is 73.2. The van der Waals surface area contributed by atoms with Crippen molar-refractivity contribution in [2.75, 3.05) is 27.8 Å². The van der Waals surface area contributed by atoms with Crippen molar-refractivity contribution in [2.45, 2.75) is 119 Å². The third-order valence-electron chi connectivity index (χ3n) is 14.9. The molecule has 0 bridgehead atoms. The summed E-state index contributed by atoms with van der Waals surface area (Å²) in [6.45, 7) is 7.32. The number of nitrogens with one attached hydrogen (secondary N) is 5. The Morgan fingerprint density at radius 1 is 0.372 bits per heavy atom. The first-order valence-corrected chi connectivity index (χ1v) is 39.9. The second kappa shape index (κ2) is 46.7. The number of aryl methyl sites for hydroxylation is 3. The fourth-order valence-corrected chi connectivity index (χ4v) is 15.3. The summed E-state index contributed by atoms with van der Waals surface area (Å²) in [6.07, 6.45) is 1.31. The van der Waals surface area contributed by atoms with Crippen LogP contribution in [0.1, 0.15) is 121 Å². The van der Waals surface area contributed by atoms with Gasteiger partial charge in [0.15, 0.2) is 29.0 Å². The number of aliphatic carboxylic acids is 4. The summed E-state index contributed by atoms with van der Waals surface area (Å²) in [5, 5.41) is 48.3. The molecule has 0 unspecified atom stereocenters. The van der Waals surface area contributed by atoms with Crippen molar-refractivity contribution in [1.82, 2.24) is 5.32 Å². The van der Waals surface area contributed by atoms with E-state index in [1.807, 2.05) is 0 Å². The van der Waals surface area contributed by atoms with Crippen LogP contribution in [0.25, 0.3) is 0 Å². The molecule has 0 spiro atoms. The number of amides is 5. The van der Waals surface area contributed by atoms with Crippen LogP contribution in [0.3, 0.4) is 0 Å². The van der Waals surface area contributed by atoms with E-state index in [1.54, 1.807) is 83.1 Å². The number of carbonyl (C=O) groups is 9. The average molecular weight is 2060 g/mol. The van der Waals surface area contributed by atoms with Crippen LogP contribution in [0.15, 0.2) is 124 Å². The zero-order chi connectivity index (χ0) is 84.2. The lowest BCUT2D eigenvalue weighted by molar-refractivity contribution is -0.138. The topological polar surface area (TPSA) is 332 Å². The molecule has 8 aromatic rings. The lowest BCUT2D eigenvalue weighted by Gasteiger charge is -2.15. The molecule has 0 saturated heterocycles. The molecule has 0 atom stereocenters. The summed E-state index contributed by atoms with van der Waals surface area (Å²) < 4.78 is 84.5. The molecule has 0 fully saturated rings. The van der Waals surface area contributed by atoms with E-state index in [-0.39, 0.29) is 177 Å². The summed E-state index contributed by atoms with van der Waals surface area (Å²) in [7, 11) is 0. The lowest BCUT2D eigenvalue weighted by atomic mass is 10.1. The molecule has 113 heavy (non-hydrogen) atoms. The average Bonchev–Trinajstić information content (AvgIpc) is 0.828. The first-order valence-electron chi connectivity index (χ1n) is 33.3. The van der Waals surface area contributed by atoms with Crippen LogP contribution in [-0.4, -0.2) is 80.4 Å². The van der Waals surface area contributed by atoms with Crippen LogP contribution in [-0.2, 0) is 84.0 Å². The molecule has 37 heteroatoms. The van der Waals surface area contributed by atoms with Gasteiger partial charge >= 0.3 is 23.9 Å². The quantitative estimate of drug-likeness (QED) is 0.0182. The van der Waals surface area contributed by atoms with Crippen molar-refractivity contribution in [3.63, 3.8) is 0 Å². The molecule has 22 nitrogen and oxygen atoms in total. The SMILES string of the molecule is CCC(=O)Nc1cc(C)cc(COc2c(Br)cc(CC(=O)O)cc2Br)c1F.CCC(=O)Nc1cc(Cl)cc(COc2c(Br)cc(C(=O)NCC(=O)O)cc2Br)c1F.CCC(=O)Nc1cc(Cl)cc(COc2c(Br)cc(CCC(=O)O)cc2Br)c1F.CCC(=O)Nc1cc(Cl)cc(COc2c(Cl)cc(CCC(=O)O)cc2Cl)c1F. The highest BCUT2D eigenvalue weighted by Crippen LogP contribution is 2.41. The highest BCUT2D eigenvalue weighted by atomic mass is 79.9. The maximum absolute atomic E-state index is 14.7. The Kier molecular flexibility index (Phi) is 39.6. The van der Waals surface area contributed by atoms with Crippen LogP contribution >= 0.6 is 154 Å². The van der Waals surface area contributed by atoms with E-state index in [4.69, 9.17) is 97.4 Å². The van der Waals surface area contributed by atoms with E-state index >= 15 is 0 Å². The van der Waals surface area contributed by atoms with Gasteiger partial charge in [-0.2, -0.15) is 0 Å². The normalized spacial score (nSPS) is 10.5. The first-order chi connectivity index (χ1) is 53.2. The van der Waals surface area contributed by atoms with Gasteiger partial charge in [-0.1, -0.05) is 85.7 Å². The Morgan fingerprint density at radius 3 is 0.973 bits per heavy atom. The molecule has 0 aliphatic rings. The van der Waals surface area contributed by atoms with E-state index in [0.29, 0.717) is 67.2 Å². The van der Waals surface area contributed by atoms with Gasteiger partial charge in [-0.15, -0.1) is 0 Å². The standard InChI is InChI=1S/C19H16Br2ClFN2O5.C19H17Br2ClFNO4.C19H18Br2FNO4.C19H17Cl3FNO4/c1-2-15(26)25-14-6-11(22)3-10(17(14)23)8-30-18-12(20)4-9(5-13(18)21)19(29)24-7-16(27)28;1-2-16(25)24-15-8-12(22)7-11(18(15)23)9-28-19-13(20)5-10(6-14(19)21)3-4-17(26)27;1-3-16(24)23-15-5-10(2)4-12(18(15)22)9-27-19-13(20)6-11(7-14(19)21)8-17(25)26;1-2-16(25)24-15-8-12(20)7-11(18(15)23)9-28-19-13(21)5-10(6-14(19)22)3-4-17(26)27/h3-6H,2,7-8H2,1H3,(H,24,29)(H,25,26)(H,27,28);5-8H,2-4,9H2,1H3,(H,24,25)(H,26,27);4-7H,3,8-9H2,1-2H3,(H,23,24)(H,25,26);5-8H,2-4,9H2,1H3,(H,24,25)(H,26,27). The summed E-state index contributed by atoms with van der Waals surface area (Å²) in [4.78, 5) is 101. The molecule has 5 amide bonds. The predicted molar refractivity (Wildman–Crippen MR) is 444 cm³/mol. The molecule has 9 N–H and O–H groups in total. The van der Waals surface area contributed by atoms with Crippen molar-refractivity contribution in [3.8, 4) is 23.0 Å². The minimum Gasteiger partial charge on any atom is -0.486 e. The van der Waals surface area contributed by atoms with Crippen molar-refractivity contribution in [1.29, 1.82) is 0 Å². The minimum atomic E-state index is -1.17. The van der Waals surface area contributed by atoms with Gasteiger partial charge in [0.05, 0.1) is 66.1 Å². The molecule has 8 aromatic carbocycles. The van der Waals surface area contributed by atoms with Crippen molar-refractivity contribution in [3.05, 3.63) is 222 Å². The Balaban J connectivity index is 0.000000269. The van der Waals surface area contributed by atoms with Gasteiger partial charge in [-0.05, 0) is 235 Å². The maximum atomic E-state index is 14.7. The molecule has 0 aromatic heterocycles. The van der Waals surface area contributed by atoms with E-state index in [9.17, 15) is 60.7 Å². The predicted octanol–water partition coefficient (Wildman–Crippen LogP) is 21.6. The molecule has 0 radical (unpaired) electrons. The number of hydrogen-bond acceptors (Lipinski definition) is 13. The number of hydrogen-bond donors (Lipinski definition) is 9. The fourth-order valence-electron chi connectivity index (χ4n) is 9.52. The van der Waals surface area contributed by atoms with E-state index < -0.39 is 59.6 Å². The second-order valence-electron chi connectivity index (χ2n) is 23.7. The largest absolute Gasteiger partial charge is 0.486 e. The number of anilines is 4. The highest BCUT2D eigenvalue weighted by Gasteiger charge is 2.23. The van der Waals surface area contributed by atoms with Gasteiger partial charge in [-0.25, -0.2) is 17.6 Å². The fraction of sp³-hybridized carbons (Fsp3) is 0.250. The Morgan fingerprint density at radius 2 is 0.664 bits per heavy atom. The maximum Gasteiger partial charge on any atom is 0.322 e. The molecule has 604 valence electrons. The monoisotopic (exact) mass is 2050 g/mol. The number of benzene rings is 8. The van der Waals surface area contributed by atoms with Crippen molar-refractivity contribution >= 4 is 230 Å². The molecule has 0 heterocycles. The summed E-state index contributed by atoms with van der Waals surface area (Å²) >= 11 is 50.4. The summed E-state index contributed by atoms with van der Waals surface area (Å²) in [5.74, 6) is -6.99.